The molecule has 0 spiro atoms. The van der Waals surface area contributed by atoms with Crippen LogP contribution in [0.15, 0.2) is 41.3 Å². The predicted molar refractivity (Wildman–Crippen MR) is 118 cm³/mol. The van der Waals surface area contributed by atoms with Gasteiger partial charge in [0.2, 0.25) is 0 Å². The van der Waals surface area contributed by atoms with Gasteiger partial charge in [-0.25, -0.2) is 8.42 Å². The van der Waals surface area contributed by atoms with Crippen LogP contribution in [0.3, 0.4) is 0 Å². The second-order valence-electron chi connectivity index (χ2n) is 7.54. The molecule has 32 heavy (non-hydrogen) atoms. The minimum atomic E-state index is -4.58. The fourth-order valence-corrected chi connectivity index (χ4v) is 3.94. The van der Waals surface area contributed by atoms with Crippen molar-refractivity contribution in [2.75, 3.05) is 44.9 Å². The standard InChI is InChI=1S/C22H33NO7S.Li/c1-3-17(24)15-29-12-4-5-13-30-16-18(25)14-23(2)21-10-6-9-20-19(21)8-7-11-22(20)31(26,27)28;/h6-11,17-18,24-25H,3-5,12-16H2,1-2H3,(H,26,27,28);/q;+1/p-1. The van der Waals surface area contributed by atoms with E-state index in [0.29, 0.717) is 42.7 Å². The molecular formula is C22H32LiNO7S. The Labute approximate surface area is 202 Å². The zero-order chi connectivity index (χ0) is 22.9. The van der Waals surface area contributed by atoms with Crippen LogP contribution in [0.5, 0.6) is 0 Å². The quantitative estimate of drug-likeness (QED) is 0.212. The molecule has 0 fully saturated rings. The third-order valence-electron chi connectivity index (χ3n) is 4.94. The summed E-state index contributed by atoms with van der Waals surface area (Å²) in [5.74, 6) is 0. The van der Waals surface area contributed by atoms with Crippen molar-refractivity contribution in [3.05, 3.63) is 36.4 Å². The Bertz CT molecular complexity index is 926. The normalized spacial score (nSPS) is 13.5. The van der Waals surface area contributed by atoms with E-state index in [1.54, 1.807) is 25.2 Å². The fourth-order valence-electron chi connectivity index (χ4n) is 3.25. The number of anilines is 1. The molecule has 10 heteroatoms. The average Bonchev–Trinajstić information content (AvgIpc) is 2.73. The molecule has 0 aliphatic carbocycles. The maximum Gasteiger partial charge on any atom is 1.00 e. The Morgan fingerprint density at radius 1 is 0.969 bits per heavy atom. The molecule has 0 bridgehead atoms. The molecule has 0 aromatic heterocycles. The number of unbranched alkanes of at least 4 members (excludes halogenated alkanes) is 1. The van der Waals surface area contributed by atoms with Crippen LogP contribution in [0.1, 0.15) is 26.2 Å². The van der Waals surface area contributed by atoms with Crippen LogP contribution in [-0.2, 0) is 19.6 Å². The van der Waals surface area contributed by atoms with Crippen LogP contribution >= 0.6 is 0 Å². The fraction of sp³-hybridized carbons (Fsp3) is 0.545. The molecule has 0 saturated heterocycles. The maximum absolute atomic E-state index is 11.5. The van der Waals surface area contributed by atoms with E-state index in [4.69, 9.17) is 9.47 Å². The van der Waals surface area contributed by atoms with Gasteiger partial charge in [0.05, 0.1) is 30.3 Å². The van der Waals surface area contributed by atoms with E-state index in [0.717, 1.165) is 12.8 Å². The first-order chi connectivity index (χ1) is 14.7. The maximum atomic E-state index is 11.5. The van der Waals surface area contributed by atoms with E-state index in [1.165, 1.54) is 12.1 Å². The van der Waals surface area contributed by atoms with Crippen LogP contribution in [-0.4, -0.2) is 75.4 Å². The molecule has 0 aliphatic rings. The van der Waals surface area contributed by atoms with Crippen LogP contribution < -0.4 is 23.8 Å². The summed E-state index contributed by atoms with van der Waals surface area (Å²) < 4.78 is 45.5. The second-order valence-corrected chi connectivity index (χ2v) is 8.88. The summed E-state index contributed by atoms with van der Waals surface area (Å²) in [6.45, 7) is 3.77. The number of nitrogens with zero attached hydrogens (tertiary/aromatic N) is 1. The first-order valence-electron chi connectivity index (χ1n) is 10.4. The molecule has 2 aromatic rings. The Kier molecular flexibility index (Phi) is 12.8. The Balaban J connectivity index is 0.00000512. The average molecular weight is 462 g/mol. The van der Waals surface area contributed by atoms with E-state index in [1.807, 2.05) is 17.9 Å². The molecule has 2 rings (SSSR count). The molecule has 2 N–H and O–H groups in total. The number of hydrogen-bond acceptors (Lipinski definition) is 8. The Hall–Kier alpha value is -1.15. The van der Waals surface area contributed by atoms with Crippen molar-refractivity contribution in [2.45, 2.75) is 43.3 Å². The minimum Gasteiger partial charge on any atom is -0.744 e. The predicted octanol–water partition coefficient (Wildman–Crippen LogP) is -0.871. The van der Waals surface area contributed by atoms with Gasteiger partial charge in [0.1, 0.15) is 10.1 Å². The van der Waals surface area contributed by atoms with Gasteiger partial charge in [-0.3, -0.25) is 0 Å². The van der Waals surface area contributed by atoms with Crippen LogP contribution in [0.4, 0.5) is 5.69 Å². The summed E-state index contributed by atoms with van der Waals surface area (Å²) >= 11 is 0. The second kappa shape index (κ2) is 14.2. The SMILES string of the molecule is CCC(O)COCCCCOCC(O)CN(C)c1cccc2c(S(=O)(=O)[O-])cccc12.[Li+]. The van der Waals surface area contributed by atoms with Crippen molar-refractivity contribution in [1.29, 1.82) is 0 Å². The van der Waals surface area contributed by atoms with Gasteiger partial charge in [0, 0.05) is 43.3 Å². The monoisotopic (exact) mass is 461 g/mol. The van der Waals surface area contributed by atoms with Crippen LogP contribution in [0, 0.1) is 0 Å². The third-order valence-corrected chi connectivity index (χ3v) is 5.84. The summed E-state index contributed by atoms with van der Waals surface area (Å²) in [5.41, 5.74) is 0.716. The molecule has 0 aliphatic heterocycles. The van der Waals surface area contributed by atoms with Gasteiger partial charge < -0.3 is 29.1 Å². The number of fused-ring (bicyclic) bond motifs is 1. The van der Waals surface area contributed by atoms with E-state index >= 15 is 0 Å². The van der Waals surface area contributed by atoms with Crippen molar-refractivity contribution in [1.82, 2.24) is 0 Å². The number of ether oxygens (including phenoxy) is 2. The van der Waals surface area contributed by atoms with E-state index in [9.17, 15) is 23.2 Å². The van der Waals surface area contributed by atoms with Gasteiger partial charge in [0.25, 0.3) is 0 Å². The van der Waals surface area contributed by atoms with E-state index < -0.39 is 22.3 Å². The Morgan fingerprint density at radius 2 is 1.53 bits per heavy atom. The minimum absolute atomic E-state index is 0. The summed E-state index contributed by atoms with van der Waals surface area (Å²) in [5, 5.41) is 20.7. The van der Waals surface area contributed by atoms with Crippen molar-refractivity contribution in [3.8, 4) is 0 Å². The molecular weight excluding hydrogens is 429 g/mol. The van der Waals surface area contributed by atoms with Crippen molar-refractivity contribution >= 4 is 26.6 Å². The van der Waals surface area contributed by atoms with Gasteiger partial charge in [-0.15, -0.1) is 0 Å². The zero-order valence-corrected chi connectivity index (χ0v) is 19.9. The van der Waals surface area contributed by atoms with E-state index in [-0.39, 0.29) is 36.9 Å². The number of benzene rings is 2. The third kappa shape index (κ3) is 9.00. The molecule has 0 saturated carbocycles. The van der Waals surface area contributed by atoms with Gasteiger partial charge in [-0.2, -0.15) is 0 Å². The van der Waals surface area contributed by atoms with Crippen molar-refractivity contribution in [3.63, 3.8) is 0 Å². The molecule has 0 radical (unpaired) electrons. The van der Waals surface area contributed by atoms with Crippen molar-refractivity contribution < 1.29 is 51.5 Å². The van der Waals surface area contributed by atoms with Crippen LogP contribution in [0.25, 0.3) is 10.8 Å². The smallest absolute Gasteiger partial charge is 0.744 e. The number of aliphatic hydroxyl groups is 2. The van der Waals surface area contributed by atoms with Gasteiger partial charge in [-0.05, 0) is 31.4 Å². The number of likely N-dealkylation sites (N-methyl/N-ethyl adjacent to an activating group) is 1. The molecule has 0 heterocycles. The molecule has 174 valence electrons. The van der Waals surface area contributed by atoms with Gasteiger partial charge in [0.15, 0.2) is 0 Å². The summed E-state index contributed by atoms with van der Waals surface area (Å²) in [6.07, 6.45) is 1.13. The molecule has 2 atom stereocenters. The largest absolute Gasteiger partial charge is 1.00 e. The van der Waals surface area contributed by atoms with Crippen LogP contribution in [0.2, 0.25) is 0 Å². The number of hydrogen-bond donors (Lipinski definition) is 2. The molecule has 2 unspecified atom stereocenters. The summed E-state index contributed by atoms with van der Waals surface area (Å²) in [6, 6.07) is 9.69. The summed E-state index contributed by atoms with van der Waals surface area (Å²) in [4.78, 5) is 1.56. The topological polar surface area (TPSA) is 119 Å². The molecule has 0 amide bonds. The Morgan fingerprint density at radius 3 is 2.12 bits per heavy atom. The van der Waals surface area contributed by atoms with Crippen molar-refractivity contribution in [2.24, 2.45) is 0 Å². The van der Waals surface area contributed by atoms with E-state index in [2.05, 4.69) is 0 Å². The van der Waals surface area contributed by atoms with Gasteiger partial charge >= 0.3 is 18.9 Å². The summed E-state index contributed by atoms with van der Waals surface area (Å²) in [7, 11) is -2.79. The first-order valence-corrected chi connectivity index (χ1v) is 11.8. The molecule has 8 nitrogen and oxygen atoms in total. The molecule has 2 aromatic carbocycles. The zero-order valence-electron chi connectivity index (χ0n) is 19.1. The number of aliphatic hydroxyl groups excluding tert-OH is 2. The van der Waals surface area contributed by atoms with Gasteiger partial charge in [-0.1, -0.05) is 31.2 Å². The number of rotatable bonds is 14. The first kappa shape index (κ1) is 28.9.